The standard InChI is InChI=1S/C30H45N5O10/c1-15(2)11-20(33-29(43)25(16(3)4)35-26(40)19(31)9-10-23(36)37)27(41)32-21(13-18-8-6-7-17(5)12-18)28(42)34-22(30(44)45)14-24(38)39/h6-8,12,15-16,19-22,25H,9-11,13-14,31H2,1-5H3,(H,32,41)(H,33,43)(H,34,42)(H,35,40)(H,36,37)(H,38,39)(H,44,45)/t19-,20-,21-,22-,25-/m0/s1. The van der Waals surface area contributed by atoms with Crippen LogP contribution in [0.3, 0.4) is 0 Å². The summed E-state index contributed by atoms with van der Waals surface area (Å²) in [5, 5.41) is 37.2. The molecule has 0 aromatic heterocycles. The quantitative estimate of drug-likeness (QED) is 0.0998. The van der Waals surface area contributed by atoms with Gasteiger partial charge in [-0.15, -0.1) is 0 Å². The number of carbonyl (C=O) groups is 7. The summed E-state index contributed by atoms with van der Waals surface area (Å²) in [5.74, 6) is -7.86. The van der Waals surface area contributed by atoms with Crippen LogP contribution in [0.5, 0.6) is 0 Å². The fraction of sp³-hybridized carbons (Fsp3) is 0.567. The molecule has 9 N–H and O–H groups in total. The molecular formula is C30H45N5O10. The number of benzene rings is 1. The molecule has 5 atom stereocenters. The predicted molar refractivity (Wildman–Crippen MR) is 162 cm³/mol. The van der Waals surface area contributed by atoms with Crippen LogP contribution >= 0.6 is 0 Å². The molecule has 0 aliphatic rings. The molecule has 0 saturated heterocycles. The fourth-order valence-corrected chi connectivity index (χ4v) is 4.37. The Morgan fingerprint density at radius 3 is 1.84 bits per heavy atom. The molecule has 0 aliphatic heterocycles. The lowest BCUT2D eigenvalue weighted by atomic mass is 9.98. The van der Waals surface area contributed by atoms with Crippen molar-refractivity contribution in [2.45, 2.75) is 96.9 Å². The van der Waals surface area contributed by atoms with E-state index in [1.807, 2.05) is 13.0 Å². The minimum Gasteiger partial charge on any atom is -0.481 e. The van der Waals surface area contributed by atoms with Crippen LogP contribution in [0.25, 0.3) is 0 Å². The van der Waals surface area contributed by atoms with Crippen LogP contribution in [0.2, 0.25) is 0 Å². The number of hydrogen-bond donors (Lipinski definition) is 8. The van der Waals surface area contributed by atoms with E-state index in [1.165, 1.54) is 0 Å². The summed E-state index contributed by atoms with van der Waals surface area (Å²) in [4.78, 5) is 86.3. The van der Waals surface area contributed by atoms with E-state index in [4.69, 9.17) is 15.9 Å². The molecule has 0 radical (unpaired) electrons. The maximum atomic E-state index is 13.6. The SMILES string of the molecule is Cc1cccc(C[C@H](NC(=O)[C@H](CC(C)C)NC(=O)[C@@H](NC(=O)[C@@H](N)CCC(=O)O)C(C)C)C(=O)N[C@@H](CC(=O)O)C(=O)O)c1. The van der Waals surface area contributed by atoms with Gasteiger partial charge in [-0.1, -0.05) is 57.5 Å². The Kier molecular flexibility index (Phi) is 15.7. The van der Waals surface area contributed by atoms with Crippen LogP contribution in [-0.4, -0.2) is 87.1 Å². The summed E-state index contributed by atoms with van der Waals surface area (Å²) in [5.41, 5.74) is 7.28. The summed E-state index contributed by atoms with van der Waals surface area (Å²) >= 11 is 0. The zero-order valence-electron chi connectivity index (χ0n) is 26.2. The van der Waals surface area contributed by atoms with Crippen molar-refractivity contribution in [3.63, 3.8) is 0 Å². The highest BCUT2D eigenvalue weighted by atomic mass is 16.4. The first-order valence-corrected chi connectivity index (χ1v) is 14.6. The van der Waals surface area contributed by atoms with Crippen LogP contribution in [0, 0.1) is 18.8 Å². The van der Waals surface area contributed by atoms with Gasteiger partial charge in [-0.2, -0.15) is 0 Å². The fourth-order valence-electron chi connectivity index (χ4n) is 4.37. The van der Waals surface area contributed by atoms with Gasteiger partial charge in [-0.25, -0.2) is 4.79 Å². The van der Waals surface area contributed by atoms with Crippen LogP contribution in [-0.2, 0) is 40.0 Å². The van der Waals surface area contributed by atoms with Crippen LogP contribution in [0.15, 0.2) is 24.3 Å². The van der Waals surface area contributed by atoms with Crippen molar-refractivity contribution in [1.82, 2.24) is 21.3 Å². The lowest BCUT2D eigenvalue weighted by molar-refractivity contribution is -0.147. The molecule has 15 heteroatoms. The van der Waals surface area contributed by atoms with Gasteiger partial charge < -0.3 is 42.3 Å². The number of aliphatic carboxylic acids is 3. The van der Waals surface area contributed by atoms with Gasteiger partial charge in [0.15, 0.2) is 0 Å². The average molecular weight is 636 g/mol. The van der Waals surface area contributed by atoms with Crippen molar-refractivity contribution < 1.29 is 48.9 Å². The van der Waals surface area contributed by atoms with Crippen molar-refractivity contribution in [3.05, 3.63) is 35.4 Å². The molecule has 1 rings (SSSR count). The number of rotatable bonds is 19. The lowest BCUT2D eigenvalue weighted by Crippen LogP contribution is -2.60. The first-order chi connectivity index (χ1) is 20.9. The monoisotopic (exact) mass is 635 g/mol. The van der Waals surface area contributed by atoms with Crippen LogP contribution in [0.4, 0.5) is 0 Å². The average Bonchev–Trinajstić information content (AvgIpc) is 2.92. The topological polar surface area (TPSA) is 254 Å². The molecule has 0 saturated carbocycles. The Balaban J connectivity index is 3.24. The van der Waals surface area contributed by atoms with Gasteiger partial charge in [0.05, 0.1) is 12.5 Å². The molecule has 0 fully saturated rings. The van der Waals surface area contributed by atoms with E-state index in [1.54, 1.807) is 45.9 Å². The van der Waals surface area contributed by atoms with E-state index in [9.17, 15) is 38.7 Å². The van der Waals surface area contributed by atoms with Gasteiger partial charge >= 0.3 is 17.9 Å². The zero-order valence-corrected chi connectivity index (χ0v) is 26.2. The Morgan fingerprint density at radius 1 is 0.756 bits per heavy atom. The van der Waals surface area contributed by atoms with Gasteiger partial charge in [0, 0.05) is 12.8 Å². The van der Waals surface area contributed by atoms with Gasteiger partial charge in [-0.05, 0) is 37.2 Å². The van der Waals surface area contributed by atoms with Crippen molar-refractivity contribution in [1.29, 1.82) is 0 Å². The van der Waals surface area contributed by atoms with Gasteiger partial charge in [0.1, 0.15) is 24.2 Å². The van der Waals surface area contributed by atoms with E-state index in [2.05, 4.69) is 21.3 Å². The third-order valence-corrected chi connectivity index (χ3v) is 6.74. The predicted octanol–water partition coefficient (Wildman–Crippen LogP) is -0.0698. The highest BCUT2D eigenvalue weighted by molar-refractivity contribution is 5.96. The highest BCUT2D eigenvalue weighted by Crippen LogP contribution is 2.12. The third kappa shape index (κ3) is 14.2. The number of aryl methyl sites for hydroxylation is 1. The normalized spacial score (nSPS) is 14.4. The molecule has 0 aliphatic carbocycles. The molecule has 0 bridgehead atoms. The molecule has 4 amide bonds. The van der Waals surface area contributed by atoms with Crippen molar-refractivity contribution in [3.8, 4) is 0 Å². The minimum absolute atomic E-state index is 0.0695. The second-order valence-electron chi connectivity index (χ2n) is 11.7. The Bertz CT molecular complexity index is 1240. The minimum atomic E-state index is -1.75. The van der Waals surface area contributed by atoms with Gasteiger partial charge in [0.2, 0.25) is 23.6 Å². The molecule has 250 valence electrons. The summed E-state index contributed by atoms with van der Waals surface area (Å²) in [6.07, 6.45) is -1.32. The molecular weight excluding hydrogens is 590 g/mol. The number of nitrogens with one attached hydrogen (secondary N) is 4. The number of carboxylic acid groups (broad SMARTS) is 3. The Labute approximate surface area is 261 Å². The molecule has 0 heterocycles. The molecule has 0 unspecified atom stereocenters. The van der Waals surface area contributed by atoms with Crippen LogP contribution < -0.4 is 27.0 Å². The molecule has 0 spiro atoms. The number of carbonyl (C=O) groups excluding carboxylic acids is 4. The van der Waals surface area contributed by atoms with Gasteiger partial charge in [-0.3, -0.25) is 28.8 Å². The Morgan fingerprint density at radius 2 is 1.33 bits per heavy atom. The number of amides is 4. The third-order valence-electron chi connectivity index (χ3n) is 6.74. The van der Waals surface area contributed by atoms with E-state index in [0.29, 0.717) is 5.56 Å². The molecule has 15 nitrogen and oxygen atoms in total. The maximum absolute atomic E-state index is 13.6. The number of carboxylic acids is 3. The van der Waals surface area contributed by atoms with E-state index >= 15 is 0 Å². The smallest absolute Gasteiger partial charge is 0.326 e. The highest BCUT2D eigenvalue weighted by Gasteiger charge is 2.33. The summed E-state index contributed by atoms with van der Waals surface area (Å²) in [6.45, 7) is 8.74. The summed E-state index contributed by atoms with van der Waals surface area (Å²) in [7, 11) is 0. The maximum Gasteiger partial charge on any atom is 0.326 e. The largest absolute Gasteiger partial charge is 0.481 e. The second-order valence-corrected chi connectivity index (χ2v) is 11.7. The molecule has 1 aromatic rings. The zero-order chi connectivity index (χ0) is 34.4. The first-order valence-electron chi connectivity index (χ1n) is 14.6. The van der Waals surface area contributed by atoms with Crippen molar-refractivity contribution >= 4 is 41.5 Å². The second kappa shape index (κ2) is 18.3. The van der Waals surface area contributed by atoms with Crippen molar-refractivity contribution in [2.24, 2.45) is 17.6 Å². The van der Waals surface area contributed by atoms with Gasteiger partial charge in [0.25, 0.3) is 0 Å². The van der Waals surface area contributed by atoms with E-state index in [0.717, 1.165) is 5.56 Å². The van der Waals surface area contributed by atoms with Crippen LogP contribution in [0.1, 0.15) is 64.5 Å². The number of hydrogen-bond acceptors (Lipinski definition) is 8. The first kappa shape index (κ1) is 38.5. The summed E-state index contributed by atoms with van der Waals surface area (Å²) < 4.78 is 0. The molecule has 1 aromatic carbocycles. The number of nitrogens with two attached hydrogens (primary N) is 1. The Hall–Kier alpha value is -4.53. The lowest BCUT2D eigenvalue weighted by Gasteiger charge is -2.28. The van der Waals surface area contributed by atoms with E-state index in [-0.39, 0.29) is 31.6 Å². The summed E-state index contributed by atoms with van der Waals surface area (Å²) in [6, 6.07) is 0.446. The molecule has 45 heavy (non-hydrogen) atoms. The van der Waals surface area contributed by atoms with E-state index < -0.39 is 84.1 Å². The van der Waals surface area contributed by atoms with Crippen molar-refractivity contribution in [2.75, 3.05) is 0 Å².